The van der Waals surface area contributed by atoms with Gasteiger partial charge in [-0.1, -0.05) is 12.1 Å². The monoisotopic (exact) mass is 273 g/mol. The highest BCUT2D eigenvalue weighted by atomic mass is 19.1. The number of hydrogen-bond donors (Lipinski definition) is 1. The molecule has 1 aromatic heterocycles. The largest absolute Gasteiger partial charge is 0.316 e. The number of benzene rings is 1. The Labute approximate surface area is 118 Å². The van der Waals surface area contributed by atoms with E-state index in [9.17, 15) is 4.39 Å². The summed E-state index contributed by atoms with van der Waals surface area (Å²) in [6.07, 6.45) is 5.16. The zero-order chi connectivity index (χ0) is 13.9. The molecule has 2 unspecified atom stereocenters. The predicted octanol–water partition coefficient (Wildman–Crippen LogP) is 2.90. The first-order valence-electron chi connectivity index (χ1n) is 7.26. The molecule has 4 heteroatoms. The lowest BCUT2D eigenvalue weighted by atomic mass is 9.78. The van der Waals surface area contributed by atoms with Gasteiger partial charge in [0.1, 0.15) is 5.82 Å². The zero-order valence-corrected chi connectivity index (χ0v) is 11.7. The first-order chi connectivity index (χ1) is 9.78. The van der Waals surface area contributed by atoms with Crippen LogP contribution in [0.4, 0.5) is 4.39 Å². The van der Waals surface area contributed by atoms with Crippen molar-refractivity contribution in [3.63, 3.8) is 0 Å². The Morgan fingerprint density at radius 2 is 2.25 bits per heavy atom. The van der Waals surface area contributed by atoms with Crippen molar-refractivity contribution < 1.29 is 4.39 Å². The third kappa shape index (κ3) is 2.61. The standard InChI is InChI=1S/C16H20FN3/c1-2-20-11-13(9-19-20)15-6-7-18-10-16(15)12-4-3-5-14(17)8-12/h3-5,8-9,11,15-16,18H,2,6-7,10H2,1H3. The number of piperidine rings is 1. The Balaban J connectivity index is 1.90. The first kappa shape index (κ1) is 13.3. The molecule has 106 valence electrons. The molecule has 2 atom stereocenters. The Bertz CT molecular complexity index is 579. The topological polar surface area (TPSA) is 29.9 Å². The van der Waals surface area contributed by atoms with Gasteiger partial charge in [-0.15, -0.1) is 0 Å². The molecule has 0 radical (unpaired) electrons. The molecule has 1 aliphatic rings. The molecule has 0 spiro atoms. The second kappa shape index (κ2) is 5.75. The molecule has 0 bridgehead atoms. The lowest BCUT2D eigenvalue weighted by Crippen LogP contribution is -2.33. The number of hydrogen-bond acceptors (Lipinski definition) is 2. The van der Waals surface area contributed by atoms with Crippen LogP contribution >= 0.6 is 0 Å². The van der Waals surface area contributed by atoms with Crippen LogP contribution in [-0.2, 0) is 6.54 Å². The minimum Gasteiger partial charge on any atom is -0.316 e. The maximum Gasteiger partial charge on any atom is 0.123 e. The summed E-state index contributed by atoms with van der Waals surface area (Å²) in [5, 5.41) is 7.80. The van der Waals surface area contributed by atoms with E-state index in [4.69, 9.17) is 0 Å². The van der Waals surface area contributed by atoms with Crippen molar-refractivity contribution in [3.05, 3.63) is 53.6 Å². The van der Waals surface area contributed by atoms with Crippen LogP contribution in [0.25, 0.3) is 0 Å². The fourth-order valence-electron chi connectivity index (χ4n) is 3.09. The highest BCUT2D eigenvalue weighted by Crippen LogP contribution is 2.37. The molecule has 0 aliphatic carbocycles. The van der Waals surface area contributed by atoms with Crippen molar-refractivity contribution in [1.29, 1.82) is 0 Å². The lowest BCUT2D eigenvalue weighted by molar-refractivity contribution is 0.402. The van der Waals surface area contributed by atoms with Gasteiger partial charge in [-0.3, -0.25) is 4.68 Å². The van der Waals surface area contributed by atoms with Crippen LogP contribution in [0.1, 0.15) is 36.3 Å². The quantitative estimate of drug-likeness (QED) is 0.932. The van der Waals surface area contributed by atoms with Gasteiger partial charge in [-0.25, -0.2) is 4.39 Å². The molecule has 1 aromatic carbocycles. The minimum atomic E-state index is -0.156. The molecule has 1 saturated heterocycles. The van der Waals surface area contributed by atoms with Crippen molar-refractivity contribution in [3.8, 4) is 0 Å². The number of nitrogens with zero attached hydrogens (tertiary/aromatic N) is 2. The molecular formula is C16H20FN3. The highest BCUT2D eigenvalue weighted by Gasteiger charge is 2.28. The van der Waals surface area contributed by atoms with Crippen LogP contribution in [0.5, 0.6) is 0 Å². The van der Waals surface area contributed by atoms with Gasteiger partial charge in [-0.2, -0.15) is 5.10 Å². The molecule has 1 fully saturated rings. The number of nitrogens with one attached hydrogen (secondary N) is 1. The van der Waals surface area contributed by atoms with Gasteiger partial charge in [0.05, 0.1) is 6.20 Å². The number of halogens is 1. The average Bonchev–Trinajstić information content (AvgIpc) is 2.96. The Kier molecular flexibility index (Phi) is 3.83. The summed E-state index contributed by atoms with van der Waals surface area (Å²) >= 11 is 0. The van der Waals surface area contributed by atoms with E-state index in [-0.39, 0.29) is 5.82 Å². The fourth-order valence-corrected chi connectivity index (χ4v) is 3.09. The van der Waals surface area contributed by atoms with Crippen molar-refractivity contribution in [2.45, 2.75) is 31.7 Å². The second-order valence-electron chi connectivity index (χ2n) is 5.39. The highest BCUT2D eigenvalue weighted by molar-refractivity contribution is 5.28. The van der Waals surface area contributed by atoms with Gasteiger partial charge < -0.3 is 5.32 Å². The molecule has 20 heavy (non-hydrogen) atoms. The fraction of sp³-hybridized carbons (Fsp3) is 0.438. The van der Waals surface area contributed by atoms with Crippen molar-refractivity contribution in [2.75, 3.05) is 13.1 Å². The van der Waals surface area contributed by atoms with Gasteiger partial charge in [0, 0.05) is 25.2 Å². The SMILES string of the molecule is CCn1cc(C2CCNCC2c2cccc(F)c2)cn1. The van der Waals surface area contributed by atoms with Gasteiger partial charge in [0.2, 0.25) is 0 Å². The van der Waals surface area contributed by atoms with Crippen LogP contribution in [-0.4, -0.2) is 22.9 Å². The van der Waals surface area contributed by atoms with E-state index in [1.54, 1.807) is 12.1 Å². The lowest BCUT2D eigenvalue weighted by Gasteiger charge is -2.32. The minimum absolute atomic E-state index is 0.156. The van der Waals surface area contributed by atoms with Crippen LogP contribution in [0.15, 0.2) is 36.7 Å². The summed E-state index contributed by atoms with van der Waals surface area (Å²) in [5.41, 5.74) is 2.34. The van der Waals surface area contributed by atoms with Crippen molar-refractivity contribution in [2.24, 2.45) is 0 Å². The van der Waals surface area contributed by atoms with E-state index >= 15 is 0 Å². The molecule has 0 amide bonds. The van der Waals surface area contributed by atoms with Crippen LogP contribution in [0.3, 0.4) is 0 Å². The molecule has 2 aromatic rings. The van der Waals surface area contributed by atoms with E-state index in [1.165, 1.54) is 11.6 Å². The summed E-state index contributed by atoms with van der Waals surface area (Å²) in [5.74, 6) is 0.573. The maximum absolute atomic E-state index is 13.5. The third-order valence-electron chi connectivity index (χ3n) is 4.16. The van der Waals surface area contributed by atoms with E-state index in [2.05, 4.69) is 23.5 Å². The summed E-state index contributed by atoms with van der Waals surface area (Å²) < 4.78 is 15.4. The molecule has 1 aliphatic heterocycles. The van der Waals surface area contributed by atoms with Gasteiger partial charge in [0.15, 0.2) is 0 Å². The maximum atomic E-state index is 13.5. The summed E-state index contributed by atoms with van der Waals surface area (Å²) in [7, 11) is 0. The molecule has 2 heterocycles. The van der Waals surface area contributed by atoms with Crippen LogP contribution in [0.2, 0.25) is 0 Å². The third-order valence-corrected chi connectivity index (χ3v) is 4.16. The molecule has 3 nitrogen and oxygen atoms in total. The molecule has 0 saturated carbocycles. The van der Waals surface area contributed by atoms with Crippen molar-refractivity contribution in [1.82, 2.24) is 15.1 Å². The van der Waals surface area contributed by atoms with E-state index in [1.807, 2.05) is 16.9 Å². The smallest absolute Gasteiger partial charge is 0.123 e. The molecule has 1 N–H and O–H groups in total. The van der Waals surface area contributed by atoms with E-state index in [0.29, 0.717) is 11.8 Å². The first-order valence-corrected chi connectivity index (χ1v) is 7.26. The Hall–Kier alpha value is -1.68. The van der Waals surface area contributed by atoms with E-state index < -0.39 is 0 Å². The number of aromatic nitrogens is 2. The summed E-state index contributed by atoms with van der Waals surface area (Å²) in [4.78, 5) is 0. The zero-order valence-electron chi connectivity index (χ0n) is 11.7. The second-order valence-corrected chi connectivity index (χ2v) is 5.39. The average molecular weight is 273 g/mol. The van der Waals surface area contributed by atoms with Gasteiger partial charge in [-0.05, 0) is 49.1 Å². The van der Waals surface area contributed by atoms with Gasteiger partial charge >= 0.3 is 0 Å². The normalized spacial score (nSPS) is 22.9. The van der Waals surface area contributed by atoms with E-state index in [0.717, 1.165) is 31.6 Å². The Morgan fingerprint density at radius 3 is 3.00 bits per heavy atom. The Morgan fingerprint density at radius 1 is 1.35 bits per heavy atom. The molecular weight excluding hydrogens is 253 g/mol. The number of rotatable bonds is 3. The summed E-state index contributed by atoms with van der Waals surface area (Å²) in [6.45, 7) is 4.87. The van der Waals surface area contributed by atoms with Crippen LogP contribution in [0, 0.1) is 5.82 Å². The predicted molar refractivity (Wildman–Crippen MR) is 77.3 cm³/mol. The molecule has 3 rings (SSSR count). The van der Waals surface area contributed by atoms with Crippen LogP contribution < -0.4 is 5.32 Å². The van der Waals surface area contributed by atoms with Gasteiger partial charge in [0.25, 0.3) is 0 Å². The number of aryl methyl sites for hydroxylation is 1. The van der Waals surface area contributed by atoms with Crippen molar-refractivity contribution >= 4 is 0 Å². The summed E-state index contributed by atoms with van der Waals surface area (Å²) in [6, 6.07) is 6.99.